The van der Waals surface area contributed by atoms with Gasteiger partial charge in [-0.2, -0.15) is 0 Å². The van der Waals surface area contributed by atoms with Crippen molar-refractivity contribution in [1.82, 2.24) is 0 Å². The van der Waals surface area contributed by atoms with Crippen LogP contribution in [0.1, 0.15) is 38.5 Å². The third-order valence-corrected chi connectivity index (χ3v) is 4.20. The van der Waals surface area contributed by atoms with Gasteiger partial charge in [0.2, 0.25) is 0 Å². The molecule has 104 valence electrons. The van der Waals surface area contributed by atoms with Crippen LogP contribution in [0.3, 0.4) is 0 Å². The number of phosphoric ester groups is 1. The van der Waals surface area contributed by atoms with Crippen LogP contribution in [0.15, 0.2) is 0 Å². The van der Waals surface area contributed by atoms with Crippen molar-refractivity contribution in [2.75, 3.05) is 23.9 Å². The lowest BCUT2D eigenvalue weighted by molar-refractivity contribution is 0.145. The van der Waals surface area contributed by atoms with Crippen LogP contribution in [0.4, 0.5) is 0 Å². The molecule has 0 aliphatic carbocycles. The molecule has 0 heterocycles. The summed E-state index contributed by atoms with van der Waals surface area (Å²) in [6.07, 6.45) is 5.62. The largest absolute Gasteiger partial charge is 0.472 e. The third-order valence-electron chi connectivity index (χ3n) is 2.06. The van der Waals surface area contributed by atoms with Crippen LogP contribution in [0.25, 0.3) is 0 Å². The molecule has 0 unspecified atom stereocenters. The van der Waals surface area contributed by atoms with E-state index in [4.69, 9.17) is 9.05 Å². The van der Waals surface area contributed by atoms with E-state index >= 15 is 0 Å². The standard InChI is InChI=1S/C10H21Br2O4P/c11-7-3-1-5-9-15-17(13,14)16-10-6-2-4-8-12/h1-10H2,(H,13,14). The molecule has 0 atom stereocenters. The summed E-state index contributed by atoms with van der Waals surface area (Å²) in [6.45, 7) is 0.560. The van der Waals surface area contributed by atoms with E-state index in [0.717, 1.165) is 49.2 Å². The summed E-state index contributed by atoms with van der Waals surface area (Å²) in [5.41, 5.74) is 0. The van der Waals surface area contributed by atoms with Gasteiger partial charge in [0.05, 0.1) is 13.2 Å². The van der Waals surface area contributed by atoms with E-state index in [0.29, 0.717) is 0 Å². The molecule has 0 aliphatic heterocycles. The summed E-state index contributed by atoms with van der Waals surface area (Å²) in [5, 5.41) is 1.90. The predicted octanol–water partition coefficient (Wildman–Crippen LogP) is 4.25. The molecule has 7 heteroatoms. The lowest BCUT2D eigenvalue weighted by Gasteiger charge is -2.11. The zero-order valence-corrected chi connectivity index (χ0v) is 14.0. The van der Waals surface area contributed by atoms with Gasteiger partial charge in [0, 0.05) is 10.7 Å². The fourth-order valence-corrected chi connectivity index (χ4v) is 2.73. The molecule has 0 aromatic rings. The first-order valence-electron chi connectivity index (χ1n) is 5.86. The van der Waals surface area contributed by atoms with E-state index in [1.807, 2.05) is 0 Å². The summed E-state index contributed by atoms with van der Waals surface area (Å²) >= 11 is 6.65. The number of phosphoric acid groups is 1. The van der Waals surface area contributed by atoms with Gasteiger partial charge < -0.3 is 4.89 Å². The number of hydrogen-bond donors (Lipinski definition) is 1. The summed E-state index contributed by atoms with van der Waals surface area (Å²) in [5.74, 6) is 0. The van der Waals surface area contributed by atoms with Gasteiger partial charge in [-0.1, -0.05) is 44.7 Å². The summed E-state index contributed by atoms with van der Waals surface area (Å²) in [6, 6.07) is 0. The normalized spacial score (nSPS) is 11.9. The minimum absolute atomic E-state index is 0.280. The summed E-state index contributed by atoms with van der Waals surface area (Å²) in [4.78, 5) is 9.32. The van der Waals surface area contributed by atoms with Crippen molar-refractivity contribution in [3.05, 3.63) is 0 Å². The molecule has 0 aromatic carbocycles. The molecule has 0 bridgehead atoms. The Morgan fingerprint density at radius 1 is 0.824 bits per heavy atom. The second-order valence-corrected chi connectivity index (χ2v) is 6.67. The molecule has 17 heavy (non-hydrogen) atoms. The summed E-state index contributed by atoms with van der Waals surface area (Å²) < 4.78 is 21.1. The van der Waals surface area contributed by atoms with Crippen LogP contribution in [0.5, 0.6) is 0 Å². The van der Waals surface area contributed by atoms with Gasteiger partial charge in [0.1, 0.15) is 0 Å². The van der Waals surface area contributed by atoms with Gasteiger partial charge in [-0.3, -0.25) is 9.05 Å². The molecule has 0 spiro atoms. The number of alkyl halides is 2. The number of unbranched alkanes of at least 4 members (excludes halogenated alkanes) is 4. The second kappa shape index (κ2) is 12.1. The topological polar surface area (TPSA) is 55.8 Å². The Hall–Kier alpha value is 1.07. The molecule has 0 saturated carbocycles. The Morgan fingerprint density at radius 2 is 1.24 bits per heavy atom. The zero-order chi connectivity index (χ0) is 13.0. The molecule has 0 aromatic heterocycles. The predicted molar refractivity (Wildman–Crippen MR) is 77.0 cm³/mol. The molecule has 0 amide bonds. The Morgan fingerprint density at radius 3 is 1.59 bits per heavy atom. The smallest absolute Gasteiger partial charge is 0.302 e. The minimum atomic E-state index is -3.81. The monoisotopic (exact) mass is 394 g/mol. The van der Waals surface area contributed by atoms with E-state index in [-0.39, 0.29) is 13.2 Å². The Bertz CT molecular complexity index is 198. The fraction of sp³-hybridized carbons (Fsp3) is 1.00. The zero-order valence-electron chi connectivity index (χ0n) is 9.95. The van der Waals surface area contributed by atoms with Crippen molar-refractivity contribution in [3.63, 3.8) is 0 Å². The van der Waals surface area contributed by atoms with Crippen molar-refractivity contribution in [2.24, 2.45) is 0 Å². The van der Waals surface area contributed by atoms with Gasteiger partial charge >= 0.3 is 7.82 Å². The van der Waals surface area contributed by atoms with Crippen LogP contribution in [-0.4, -0.2) is 28.8 Å². The average Bonchev–Trinajstić information content (AvgIpc) is 2.28. The van der Waals surface area contributed by atoms with E-state index in [2.05, 4.69) is 31.9 Å². The number of halogens is 2. The number of hydrogen-bond acceptors (Lipinski definition) is 3. The van der Waals surface area contributed by atoms with Crippen LogP contribution in [-0.2, 0) is 13.6 Å². The van der Waals surface area contributed by atoms with Gasteiger partial charge in [-0.15, -0.1) is 0 Å². The fourth-order valence-electron chi connectivity index (χ4n) is 1.14. The van der Waals surface area contributed by atoms with Gasteiger partial charge in [-0.25, -0.2) is 4.57 Å². The second-order valence-electron chi connectivity index (χ2n) is 3.63. The first-order chi connectivity index (χ1) is 8.12. The van der Waals surface area contributed by atoms with Crippen molar-refractivity contribution in [1.29, 1.82) is 0 Å². The molecular formula is C10H21Br2O4P. The average molecular weight is 396 g/mol. The lowest BCUT2D eigenvalue weighted by Crippen LogP contribution is -1.99. The third kappa shape index (κ3) is 13.3. The van der Waals surface area contributed by atoms with Gasteiger partial charge in [-0.05, 0) is 25.7 Å². The highest BCUT2D eigenvalue weighted by atomic mass is 79.9. The van der Waals surface area contributed by atoms with Crippen molar-refractivity contribution in [2.45, 2.75) is 38.5 Å². The van der Waals surface area contributed by atoms with E-state index < -0.39 is 7.82 Å². The lowest BCUT2D eigenvalue weighted by atomic mass is 10.3. The Labute approximate surface area is 120 Å². The maximum absolute atomic E-state index is 11.4. The molecule has 0 rings (SSSR count). The van der Waals surface area contributed by atoms with Crippen LogP contribution < -0.4 is 0 Å². The highest BCUT2D eigenvalue weighted by Crippen LogP contribution is 2.43. The van der Waals surface area contributed by atoms with E-state index in [9.17, 15) is 9.46 Å². The first-order valence-corrected chi connectivity index (χ1v) is 9.60. The van der Waals surface area contributed by atoms with Crippen molar-refractivity contribution in [3.8, 4) is 0 Å². The Balaban J connectivity index is 3.42. The maximum Gasteiger partial charge on any atom is 0.472 e. The molecule has 0 saturated heterocycles. The minimum Gasteiger partial charge on any atom is -0.302 e. The van der Waals surface area contributed by atoms with E-state index in [1.54, 1.807) is 0 Å². The maximum atomic E-state index is 11.4. The van der Waals surface area contributed by atoms with Crippen molar-refractivity contribution < 1.29 is 18.5 Å². The molecule has 1 N–H and O–H groups in total. The quantitative estimate of drug-likeness (QED) is 0.305. The van der Waals surface area contributed by atoms with Crippen LogP contribution in [0.2, 0.25) is 0 Å². The first kappa shape index (κ1) is 18.1. The SMILES string of the molecule is O=P(O)(OCCCCCBr)OCCCCCBr. The van der Waals surface area contributed by atoms with E-state index in [1.165, 1.54) is 0 Å². The molecule has 0 fully saturated rings. The van der Waals surface area contributed by atoms with Gasteiger partial charge in [0.25, 0.3) is 0 Å². The van der Waals surface area contributed by atoms with Gasteiger partial charge in [0.15, 0.2) is 0 Å². The molecule has 0 radical (unpaired) electrons. The summed E-state index contributed by atoms with van der Waals surface area (Å²) in [7, 11) is -3.81. The van der Waals surface area contributed by atoms with Crippen LogP contribution in [0, 0.1) is 0 Å². The van der Waals surface area contributed by atoms with Crippen molar-refractivity contribution >= 4 is 39.7 Å². The molecular weight excluding hydrogens is 375 g/mol. The number of rotatable bonds is 12. The molecule has 0 aliphatic rings. The Kier molecular flexibility index (Phi) is 12.9. The highest BCUT2D eigenvalue weighted by molar-refractivity contribution is 9.09. The highest BCUT2D eigenvalue weighted by Gasteiger charge is 2.19. The van der Waals surface area contributed by atoms with Crippen LogP contribution >= 0.6 is 39.7 Å². The molecule has 4 nitrogen and oxygen atoms in total.